The molecule has 0 aromatic heterocycles. The van der Waals surface area contributed by atoms with Crippen molar-refractivity contribution in [2.75, 3.05) is 0 Å². The highest BCUT2D eigenvalue weighted by atomic mass is 19.3. The van der Waals surface area contributed by atoms with Crippen LogP contribution in [0.2, 0.25) is 0 Å². The van der Waals surface area contributed by atoms with E-state index in [1.165, 1.54) is 12.1 Å². The van der Waals surface area contributed by atoms with E-state index in [2.05, 4.69) is 19.4 Å². The molecule has 0 saturated heterocycles. The molecule has 0 amide bonds. The van der Waals surface area contributed by atoms with Crippen LogP contribution < -0.4 is 31.3 Å². The first kappa shape index (κ1) is 23.3. The molecular weight excluding hydrogens is 486 g/mol. The molecule has 3 aliphatic rings. The first-order valence-electron chi connectivity index (χ1n) is 9.12. The van der Waals surface area contributed by atoms with Crippen molar-refractivity contribution in [2.24, 2.45) is 0 Å². The molecule has 0 N–H and O–H groups in total. The van der Waals surface area contributed by atoms with Crippen molar-refractivity contribution in [1.29, 1.82) is 10.5 Å². The normalized spacial score (nSPS) is 14.8. The number of fused-ring (bicyclic) bond motifs is 6. The van der Waals surface area contributed by atoms with Gasteiger partial charge in [0.1, 0.15) is 0 Å². The van der Waals surface area contributed by atoms with Gasteiger partial charge in [-0.2, -0.15) is 36.9 Å². The van der Waals surface area contributed by atoms with Crippen molar-refractivity contribution in [1.82, 2.24) is 0 Å². The highest BCUT2D eigenvalue weighted by molar-refractivity contribution is 6.04. The monoisotopic (exact) mass is 486 g/mol. The fourth-order valence-corrected chi connectivity index (χ4v) is 4.51. The van der Waals surface area contributed by atoms with Crippen molar-refractivity contribution in [2.45, 2.75) is 0 Å². The Morgan fingerprint density at radius 3 is 0.944 bits per heavy atom. The lowest BCUT2D eigenvalue weighted by Crippen LogP contribution is -2.65. The van der Waals surface area contributed by atoms with Gasteiger partial charge in [0.15, 0.2) is 11.4 Å². The van der Waals surface area contributed by atoms with Crippen LogP contribution in [-0.4, -0.2) is 0 Å². The summed E-state index contributed by atoms with van der Waals surface area (Å²) in [5, 5.41) is 15.5. The lowest BCUT2D eigenvalue weighted by atomic mass is 10.0. The highest BCUT2D eigenvalue weighted by Gasteiger charge is 2.36. The van der Waals surface area contributed by atoms with E-state index in [1.807, 2.05) is 0 Å². The minimum absolute atomic E-state index is 0.651. The lowest BCUT2D eigenvalue weighted by Gasteiger charge is -1.97. The van der Waals surface area contributed by atoms with Crippen LogP contribution in [0.1, 0.15) is 0 Å². The minimum atomic E-state index is -2.54. The molecule has 0 heterocycles. The molecule has 3 aliphatic carbocycles. The molecule has 12 heteroatoms. The highest BCUT2D eigenvalue weighted by Crippen LogP contribution is 2.33. The number of halogens is 6. The van der Waals surface area contributed by atoms with E-state index in [9.17, 15) is 36.9 Å². The van der Waals surface area contributed by atoms with Crippen molar-refractivity contribution in [3.05, 3.63) is 112 Å². The molecule has 168 valence electrons. The fourth-order valence-electron chi connectivity index (χ4n) is 4.51. The molecule has 0 unspecified atom stereocenters. The van der Waals surface area contributed by atoms with Gasteiger partial charge in [0.05, 0.1) is 66.3 Å². The summed E-state index contributed by atoms with van der Waals surface area (Å²) in [6.45, 7) is 29.8. The van der Waals surface area contributed by atoms with Crippen LogP contribution in [0.15, 0.2) is 35.0 Å². The Balaban J connectivity index is 2.87. The van der Waals surface area contributed by atoms with Gasteiger partial charge in [0.25, 0.3) is 18.2 Å². The third kappa shape index (κ3) is 2.56. The zero-order valence-corrected chi connectivity index (χ0v) is 17.0. The molecule has 0 atom stereocenters. The molecule has 0 saturated carbocycles. The molecule has 1 aromatic carbocycles. The van der Waals surface area contributed by atoms with E-state index >= 15 is 0 Å². The number of benzene rings is 1. The summed E-state index contributed by atoms with van der Waals surface area (Å²) in [6.07, 6.45) is -7.62. The Hall–Kier alpha value is -5.82. The smallest absolute Gasteiger partial charge is 0.238 e. The average Bonchev–Trinajstić information content (AvgIpc) is 3.47. The number of nitrogens with zero attached hydrogens (tertiary/aromatic N) is 6. The SMILES string of the molecule is [C-]#[N+]C1=c2c(c3c(c4c2=C([N+]#[C-])C(=C(F)F)C=4[N+]#[C-])=C([N+]#[C-])C(=C(F)F)C=3C#N)=C(C#N)C1=C(F)F. The van der Waals surface area contributed by atoms with Crippen molar-refractivity contribution in [3.8, 4) is 12.1 Å². The molecule has 6 nitrogen and oxygen atoms in total. The first-order chi connectivity index (χ1) is 17.2. The lowest BCUT2D eigenvalue weighted by molar-refractivity contribution is 0.418. The van der Waals surface area contributed by atoms with Crippen LogP contribution in [0, 0.1) is 49.0 Å². The Kier molecular flexibility index (Phi) is 5.12. The van der Waals surface area contributed by atoms with Gasteiger partial charge in [0, 0.05) is 0 Å². The summed E-state index contributed by atoms with van der Waals surface area (Å²) in [4.78, 5) is 12.0. The van der Waals surface area contributed by atoms with Gasteiger partial charge in [-0.15, -0.1) is 0 Å². The van der Waals surface area contributed by atoms with Gasteiger partial charge in [0.2, 0.25) is 11.4 Å². The Morgan fingerprint density at radius 1 is 0.472 bits per heavy atom. The zero-order valence-electron chi connectivity index (χ0n) is 17.0. The van der Waals surface area contributed by atoms with Gasteiger partial charge in [-0.05, 0) is 31.3 Å². The molecule has 4 rings (SSSR count). The van der Waals surface area contributed by atoms with Gasteiger partial charge >= 0.3 is 0 Å². The molecule has 0 spiro atoms. The predicted octanol–water partition coefficient (Wildman–Crippen LogP) is 1.64. The van der Waals surface area contributed by atoms with Crippen molar-refractivity contribution in [3.63, 3.8) is 0 Å². The van der Waals surface area contributed by atoms with E-state index in [-0.39, 0.29) is 0 Å². The summed E-state index contributed by atoms with van der Waals surface area (Å²) < 4.78 is 83.9. The van der Waals surface area contributed by atoms with E-state index < -0.39 is 100 Å². The van der Waals surface area contributed by atoms with Gasteiger partial charge in [-0.3, -0.25) is 0 Å². The van der Waals surface area contributed by atoms with Crippen LogP contribution in [0.25, 0.3) is 53.3 Å². The summed E-state index contributed by atoms with van der Waals surface area (Å²) in [5.41, 5.74) is -9.36. The molecule has 0 radical (unpaired) electrons. The second-order valence-electron chi connectivity index (χ2n) is 6.97. The van der Waals surface area contributed by atoms with Crippen molar-refractivity contribution < 1.29 is 26.3 Å². The summed E-state index contributed by atoms with van der Waals surface area (Å²) >= 11 is 0. The fraction of sp³-hybridized carbons (Fsp3) is 0. The van der Waals surface area contributed by atoms with Crippen LogP contribution in [-0.2, 0) is 0 Å². The standard InChI is InChI=1S/C24F6N6/c1-33-18-11(22(25)26)7(5-31)9-10-8(6-32)12(23(27)28)19(34-2)14(10)16-15(13(9)18)20(35-3)17(24(29)30)21(16)36-4. The number of nitriles is 2. The zero-order chi connectivity index (χ0) is 26.6. The van der Waals surface area contributed by atoms with E-state index in [0.29, 0.717) is 0 Å². The number of hydrogen-bond acceptors (Lipinski definition) is 2. The quantitative estimate of drug-likeness (QED) is 0.414. The van der Waals surface area contributed by atoms with E-state index in [1.54, 1.807) is 0 Å². The average molecular weight is 486 g/mol. The second-order valence-corrected chi connectivity index (χ2v) is 6.97. The van der Waals surface area contributed by atoms with Crippen LogP contribution in [0.5, 0.6) is 0 Å². The first-order valence-corrected chi connectivity index (χ1v) is 9.12. The molecule has 0 fully saturated rings. The minimum Gasteiger partial charge on any atom is -0.238 e. The Labute approximate surface area is 195 Å². The summed E-state index contributed by atoms with van der Waals surface area (Å²) in [7, 11) is 0. The maximum atomic E-state index is 14.0. The van der Waals surface area contributed by atoms with Crippen LogP contribution >= 0.6 is 0 Å². The third-order valence-electron chi connectivity index (χ3n) is 5.63. The van der Waals surface area contributed by atoms with Gasteiger partial charge in [-0.1, -0.05) is 0 Å². The molecular formula is C24F6N6. The Morgan fingerprint density at radius 2 is 0.722 bits per heavy atom. The van der Waals surface area contributed by atoms with Gasteiger partial charge < -0.3 is 0 Å². The molecule has 1 aromatic rings. The maximum absolute atomic E-state index is 14.0. The van der Waals surface area contributed by atoms with Crippen LogP contribution in [0.3, 0.4) is 0 Å². The number of hydrogen-bond donors (Lipinski definition) is 0. The van der Waals surface area contributed by atoms with Gasteiger partial charge in [-0.25, -0.2) is 19.4 Å². The topological polar surface area (TPSA) is 65.0 Å². The Bertz CT molecular complexity index is 1720. The number of rotatable bonds is 0. The van der Waals surface area contributed by atoms with E-state index in [4.69, 9.17) is 26.3 Å². The summed E-state index contributed by atoms with van der Waals surface area (Å²) in [6, 6.07) is 2.88. The summed E-state index contributed by atoms with van der Waals surface area (Å²) in [5.74, 6) is 0. The molecule has 36 heavy (non-hydrogen) atoms. The molecule has 0 bridgehead atoms. The molecule has 0 aliphatic heterocycles. The second kappa shape index (κ2) is 7.89. The third-order valence-corrected chi connectivity index (χ3v) is 5.63. The maximum Gasteiger partial charge on any atom is 0.268 e. The van der Waals surface area contributed by atoms with Crippen LogP contribution in [0.4, 0.5) is 26.3 Å². The van der Waals surface area contributed by atoms with E-state index in [0.717, 1.165) is 0 Å². The predicted molar refractivity (Wildman–Crippen MR) is 110 cm³/mol. The van der Waals surface area contributed by atoms with Crippen molar-refractivity contribution >= 4 is 33.9 Å². The largest absolute Gasteiger partial charge is 0.268 e.